The Morgan fingerprint density at radius 3 is 2.46 bits per heavy atom. The molecule has 0 radical (unpaired) electrons. The van der Waals surface area contributed by atoms with E-state index in [9.17, 15) is 23.1 Å². The van der Waals surface area contributed by atoms with Crippen molar-refractivity contribution in [1.82, 2.24) is 10.1 Å². The summed E-state index contributed by atoms with van der Waals surface area (Å²) in [5, 5.41) is 15.8. The maximum atomic E-state index is 12.5. The fraction of sp³-hybridized carbons (Fsp3) is 0.0625. The summed E-state index contributed by atoms with van der Waals surface area (Å²) in [6, 6.07) is 9.65. The average Bonchev–Trinajstić information content (AvgIpc) is 3.09. The third kappa shape index (κ3) is 3.77. The number of carbonyl (C=O) groups is 1. The molecule has 10 heteroatoms. The van der Waals surface area contributed by atoms with Crippen molar-refractivity contribution < 1.29 is 27.6 Å². The topological polar surface area (TPSA) is 88.2 Å². The zero-order chi connectivity index (χ0) is 18.9. The quantitative estimate of drug-likeness (QED) is 0.656. The molecule has 0 aliphatic heterocycles. The first-order valence-electron chi connectivity index (χ1n) is 7.05. The molecule has 0 fully saturated rings. The van der Waals surface area contributed by atoms with Gasteiger partial charge in [0.2, 0.25) is 5.82 Å². The SMILES string of the molecule is O=C(Nc1cc(Cl)ccc1O)c1ccc(-c2noc(C(F)(F)F)n2)cc1. The van der Waals surface area contributed by atoms with Gasteiger partial charge in [0, 0.05) is 16.1 Å². The molecule has 134 valence electrons. The van der Waals surface area contributed by atoms with Gasteiger partial charge in [-0.2, -0.15) is 18.2 Å². The number of phenolic OH excluding ortho intramolecular Hbond substituents is 1. The van der Waals surface area contributed by atoms with E-state index >= 15 is 0 Å². The van der Waals surface area contributed by atoms with Crippen LogP contribution in [0.25, 0.3) is 11.4 Å². The molecule has 0 atom stereocenters. The highest BCUT2D eigenvalue weighted by Crippen LogP contribution is 2.30. The van der Waals surface area contributed by atoms with Gasteiger partial charge in [-0.1, -0.05) is 28.9 Å². The van der Waals surface area contributed by atoms with E-state index in [2.05, 4.69) is 20.0 Å². The molecular weight excluding hydrogens is 375 g/mol. The number of anilines is 1. The van der Waals surface area contributed by atoms with Crippen LogP contribution in [0, 0.1) is 0 Å². The van der Waals surface area contributed by atoms with Gasteiger partial charge in [-0.3, -0.25) is 4.79 Å². The molecule has 1 amide bonds. The van der Waals surface area contributed by atoms with Crippen LogP contribution in [0.5, 0.6) is 5.75 Å². The second-order valence-corrected chi connectivity index (χ2v) is 5.55. The number of amides is 1. The van der Waals surface area contributed by atoms with E-state index in [1.54, 1.807) is 0 Å². The minimum Gasteiger partial charge on any atom is -0.506 e. The molecule has 3 rings (SSSR count). The minimum atomic E-state index is -4.73. The second kappa shape index (κ2) is 6.68. The summed E-state index contributed by atoms with van der Waals surface area (Å²) in [6.07, 6.45) is -4.73. The summed E-state index contributed by atoms with van der Waals surface area (Å²) in [5.41, 5.74) is 0.568. The Bertz CT molecular complexity index is 955. The Labute approximate surface area is 149 Å². The molecule has 6 nitrogen and oxygen atoms in total. The number of nitrogens with one attached hydrogen (secondary N) is 1. The smallest absolute Gasteiger partial charge is 0.471 e. The molecule has 0 saturated carbocycles. The van der Waals surface area contributed by atoms with E-state index in [0.717, 1.165) is 0 Å². The third-order valence-corrected chi connectivity index (χ3v) is 3.52. The van der Waals surface area contributed by atoms with Crippen molar-refractivity contribution in [2.24, 2.45) is 0 Å². The van der Waals surface area contributed by atoms with Crippen LogP contribution in [0.3, 0.4) is 0 Å². The first-order chi connectivity index (χ1) is 12.2. The number of hydrogen-bond acceptors (Lipinski definition) is 5. The van der Waals surface area contributed by atoms with E-state index < -0.39 is 18.0 Å². The van der Waals surface area contributed by atoms with Crippen LogP contribution in [0.2, 0.25) is 5.02 Å². The lowest BCUT2D eigenvalue weighted by molar-refractivity contribution is -0.159. The van der Waals surface area contributed by atoms with Crippen LogP contribution in [0.1, 0.15) is 16.2 Å². The van der Waals surface area contributed by atoms with Gasteiger partial charge in [-0.15, -0.1) is 0 Å². The highest BCUT2D eigenvalue weighted by atomic mass is 35.5. The van der Waals surface area contributed by atoms with Crippen LogP contribution in [-0.2, 0) is 6.18 Å². The van der Waals surface area contributed by atoms with Gasteiger partial charge >= 0.3 is 12.1 Å². The number of benzene rings is 2. The van der Waals surface area contributed by atoms with Crippen LogP contribution >= 0.6 is 11.6 Å². The lowest BCUT2D eigenvalue weighted by Crippen LogP contribution is -2.11. The molecule has 2 N–H and O–H groups in total. The lowest BCUT2D eigenvalue weighted by Gasteiger charge is -2.08. The number of nitrogens with zero attached hydrogens (tertiary/aromatic N) is 2. The molecule has 1 aromatic heterocycles. The predicted molar refractivity (Wildman–Crippen MR) is 85.8 cm³/mol. The third-order valence-electron chi connectivity index (χ3n) is 3.28. The monoisotopic (exact) mass is 383 g/mol. The maximum Gasteiger partial charge on any atom is 0.471 e. The molecular formula is C16H9ClF3N3O3. The number of aromatic nitrogens is 2. The van der Waals surface area contributed by atoms with Gasteiger partial charge in [-0.25, -0.2) is 0 Å². The van der Waals surface area contributed by atoms with Gasteiger partial charge in [0.1, 0.15) is 5.75 Å². The molecule has 0 spiro atoms. The number of rotatable bonds is 3. The summed E-state index contributed by atoms with van der Waals surface area (Å²) in [7, 11) is 0. The van der Waals surface area contributed by atoms with E-state index in [-0.39, 0.29) is 28.4 Å². The fourth-order valence-corrected chi connectivity index (χ4v) is 2.20. The van der Waals surface area contributed by atoms with Crippen molar-refractivity contribution >= 4 is 23.2 Å². The highest BCUT2D eigenvalue weighted by Gasteiger charge is 2.38. The van der Waals surface area contributed by atoms with Gasteiger partial charge in [0.25, 0.3) is 5.91 Å². The van der Waals surface area contributed by atoms with Crippen LogP contribution < -0.4 is 5.32 Å². The first kappa shape index (κ1) is 17.7. The molecule has 0 aliphatic rings. The molecule has 0 saturated heterocycles. The van der Waals surface area contributed by atoms with Crippen LogP contribution in [-0.4, -0.2) is 21.2 Å². The van der Waals surface area contributed by atoms with E-state index in [4.69, 9.17) is 11.6 Å². The Balaban J connectivity index is 1.78. The first-order valence-corrected chi connectivity index (χ1v) is 7.43. The summed E-state index contributed by atoms with van der Waals surface area (Å²) in [5.74, 6) is -2.41. The van der Waals surface area contributed by atoms with E-state index in [1.165, 1.54) is 42.5 Å². The summed E-state index contributed by atoms with van der Waals surface area (Å²) < 4.78 is 41.6. The lowest BCUT2D eigenvalue weighted by atomic mass is 10.1. The van der Waals surface area contributed by atoms with E-state index in [1.807, 2.05) is 0 Å². The summed E-state index contributed by atoms with van der Waals surface area (Å²) in [4.78, 5) is 15.5. The zero-order valence-corrected chi connectivity index (χ0v) is 13.5. The van der Waals surface area contributed by atoms with Crippen molar-refractivity contribution in [1.29, 1.82) is 0 Å². The molecule has 26 heavy (non-hydrogen) atoms. The van der Waals surface area contributed by atoms with Crippen molar-refractivity contribution in [3.63, 3.8) is 0 Å². The standard InChI is InChI=1S/C16H9ClF3N3O3/c17-10-5-6-12(24)11(7-10)21-14(25)9-3-1-8(2-4-9)13-22-15(26-23-13)16(18,19)20/h1-7,24H,(H,21,25). The zero-order valence-electron chi connectivity index (χ0n) is 12.7. The highest BCUT2D eigenvalue weighted by molar-refractivity contribution is 6.31. The van der Waals surface area contributed by atoms with Gasteiger partial charge in [0.05, 0.1) is 5.69 Å². The maximum absolute atomic E-state index is 12.5. The van der Waals surface area contributed by atoms with Gasteiger partial charge < -0.3 is 14.9 Å². The van der Waals surface area contributed by atoms with Crippen LogP contribution in [0.15, 0.2) is 47.0 Å². The van der Waals surface area contributed by atoms with E-state index in [0.29, 0.717) is 5.02 Å². The number of halogens is 4. The number of aromatic hydroxyl groups is 1. The number of alkyl halides is 3. The van der Waals surface area contributed by atoms with Crippen molar-refractivity contribution in [2.45, 2.75) is 6.18 Å². The Kier molecular flexibility index (Phi) is 4.56. The molecule has 0 unspecified atom stereocenters. The van der Waals surface area contributed by atoms with Crippen molar-refractivity contribution in [3.8, 4) is 17.1 Å². The summed E-state index contributed by atoms with van der Waals surface area (Å²) >= 11 is 5.80. The molecule has 3 aromatic rings. The van der Waals surface area contributed by atoms with Crippen molar-refractivity contribution in [2.75, 3.05) is 5.32 Å². The Morgan fingerprint density at radius 2 is 1.85 bits per heavy atom. The number of phenols is 1. The molecule has 0 bridgehead atoms. The largest absolute Gasteiger partial charge is 0.506 e. The minimum absolute atomic E-state index is 0.125. The van der Waals surface area contributed by atoms with Gasteiger partial charge in [-0.05, 0) is 30.3 Å². The van der Waals surface area contributed by atoms with Crippen LogP contribution in [0.4, 0.5) is 18.9 Å². The molecule has 0 aliphatic carbocycles. The number of carbonyl (C=O) groups excluding carboxylic acids is 1. The Hall–Kier alpha value is -3.07. The van der Waals surface area contributed by atoms with Crippen molar-refractivity contribution in [3.05, 3.63) is 58.9 Å². The summed E-state index contributed by atoms with van der Waals surface area (Å²) in [6.45, 7) is 0. The van der Waals surface area contributed by atoms with Gasteiger partial charge in [0.15, 0.2) is 0 Å². The molecule has 1 heterocycles. The number of hydrogen-bond donors (Lipinski definition) is 2. The second-order valence-electron chi connectivity index (χ2n) is 5.11. The fourth-order valence-electron chi connectivity index (χ4n) is 2.03. The predicted octanol–water partition coefficient (Wildman–Crippen LogP) is 4.37. The average molecular weight is 384 g/mol. The molecule has 2 aromatic carbocycles. The normalized spacial score (nSPS) is 11.4. The Morgan fingerprint density at radius 1 is 1.15 bits per heavy atom.